The summed E-state index contributed by atoms with van der Waals surface area (Å²) >= 11 is 0. The van der Waals surface area contributed by atoms with Crippen LogP contribution in [0.15, 0.2) is 36.5 Å². The summed E-state index contributed by atoms with van der Waals surface area (Å²) in [5.41, 5.74) is -0.520. The number of hydrogen-bond donors (Lipinski definition) is 1. The van der Waals surface area contributed by atoms with Gasteiger partial charge in [0, 0.05) is 11.8 Å². The van der Waals surface area contributed by atoms with E-state index in [0.29, 0.717) is 5.92 Å². The van der Waals surface area contributed by atoms with Crippen molar-refractivity contribution in [2.45, 2.75) is 90.1 Å². The normalized spacial score (nSPS) is 25.6. The van der Waals surface area contributed by atoms with Gasteiger partial charge in [0.05, 0.1) is 5.60 Å². The molecule has 1 fully saturated rings. The number of aliphatic hydroxyl groups is 1. The first-order valence-corrected chi connectivity index (χ1v) is 10.9. The number of carbonyl (C=O) groups is 1. The van der Waals surface area contributed by atoms with Gasteiger partial charge >= 0.3 is 0 Å². The molecule has 0 aliphatic heterocycles. The number of ketones is 1. The number of unbranched alkanes of at least 4 members (excludes halogenated alkanes) is 4. The van der Waals surface area contributed by atoms with Crippen molar-refractivity contribution in [1.82, 2.24) is 0 Å². The predicted octanol–water partition coefficient (Wildman–Crippen LogP) is 6.16. The fourth-order valence-corrected chi connectivity index (χ4v) is 4.01. The molecule has 146 valence electrons. The summed E-state index contributed by atoms with van der Waals surface area (Å²) in [7, 11) is 0. The van der Waals surface area contributed by atoms with Gasteiger partial charge in [-0.1, -0.05) is 76.3 Å². The Bertz CT molecular complexity index is 512. The van der Waals surface area contributed by atoms with Gasteiger partial charge in [-0.05, 0) is 50.5 Å². The summed E-state index contributed by atoms with van der Waals surface area (Å²) in [5, 5.41) is 11.0. The van der Waals surface area contributed by atoms with E-state index in [1.165, 1.54) is 38.5 Å². The number of hydrogen-bond acceptors (Lipinski definition) is 2. The fraction of sp³-hybridized carbons (Fsp3) is 0.708. The quantitative estimate of drug-likeness (QED) is 0.316. The summed E-state index contributed by atoms with van der Waals surface area (Å²) in [6.07, 6.45) is 24.4. The lowest BCUT2D eigenvalue weighted by Crippen LogP contribution is -2.30. The van der Waals surface area contributed by atoms with Crippen LogP contribution >= 0.6 is 0 Å². The highest BCUT2D eigenvalue weighted by atomic mass is 16.3. The minimum Gasteiger partial charge on any atom is -0.389 e. The molecular weight excluding hydrogens is 320 g/mol. The van der Waals surface area contributed by atoms with E-state index in [1.54, 1.807) is 6.08 Å². The van der Waals surface area contributed by atoms with Gasteiger partial charge in [-0.2, -0.15) is 0 Å². The van der Waals surface area contributed by atoms with E-state index in [9.17, 15) is 9.90 Å². The Kier molecular flexibility index (Phi) is 8.84. The molecule has 2 nitrogen and oxygen atoms in total. The van der Waals surface area contributed by atoms with Gasteiger partial charge in [0.2, 0.25) is 0 Å². The third-order valence-electron chi connectivity index (χ3n) is 5.97. The molecule has 2 aliphatic rings. The molecule has 1 saturated carbocycles. The third-order valence-corrected chi connectivity index (χ3v) is 5.97. The minimum absolute atomic E-state index is 0.0539. The van der Waals surface area contributed by atoms with Gasteiger partial charge in [-0.3, -0.25) is 4.79 Å². The lowest BCUT2D eigenvalue weighted by Gasteiger charge is -2.27. The van der Waals surface area contributed by atoms with Crippen molar-refractivity contribution in [3.05, 3.63) is 36.5 Å². The molecule has 0 spiro atoms. The molecule has 0 aromatic rings. The van der Waals surface area contributed by atoms with Crippen LogP contribution in [0.3, 0.4) is 0 Å². The first-order valence-electron chi connectivity index (χ1n) is 10.9. The van der Waals surface area contributed by atoms with Crippen molar-refractivity contribution in [2.24, 2.45) is 17.8 Å². The van der Waals surface area contributed by atoms with Crippen molar-refractivity contribution in [3.63, 3.8) is 0 Å². The predicted molar refractivity (Wildman–Crippen MR) is 110 cm³/mol. The topological polar surface area (TPSA) is 37.3 Å². The minimum atomic E-state index is -0.520. The SMILES string of the molecule is CCCCC=CC[C@H]1C(=O)C=C[C@@H]1C=CCC(O)(CCCCC)C1CC1. The zero-order valence-corrected chi connectivity index (χ0v) is 16.8. The highest BCUT2D eigenvalue weighted by molar-refractivity contribution is 5.95. The molecule has 2 heteroatoms. The Balaban J connectivity index is 1.85. The molecule has 0 aromatic carbocycles. The van der Waals surface area contributed by atoms with E-state index >= 15 is 0 Å². The van der Waals surface area contributed by atoms with E-state index in [2.05, 4.69) is 38.2 Å². The average Bonchev–Trinajstić information content (AvgIpc) is 3.42. The van der Waals surface area contributed by atoms with Crippen molar-refractivity contribution in [3.8, 4) is 0 Å². The van der Waals surface area contributed by atoms with Crippen LogP contribution in [0.4, 0.5) is 0 Å². The molecule has 0 bridgehead atoms. The monoisotopic (exact) mass is 358 g/mol. The molecule has 0 heterocycles. The standard InChI is InChI=1S/C24H38O2/c1-3-5-7-8-9-13-22-20(14-17-23(22)25)12-11-19-24(26,21-15-16-21)18-10-6-4-2/h8-9,11-12,14,17,20-22,26H,3-7,10,13,15-16,18-19H2,1-2H3/t20-,22+,24?/m0/s1. The van der Waals surface area contributed by atoms with E-state index in [1.807, 2.05) is 6.08 Å². The van der Waals surface area contributed by atoms with Crippen molar-refractivity contribution < 1.29 is 9.90 Å². The second kappa shape index (κ2) is 10.9. The Morgan fingerprint density at radius 3 is 2.58 bits per heavy atom. The summed E-state index contributed by atoms with van der Waals surface area (Å²) in [4.78, 5) is 12.2. The third kappa shape index (κ3) is 6.54. The highest BCUT2D eigenvalue weighted by Crippen LogP contribution is 2.44. The maximum Gasteiger partial charge on any atom is 0.159 e. The molecule has 0 radical (unpaired) electrons. The van der Waals surface area contributed by atoms with Gasteiger partial charge in [0.25, 0.3) is 0 Å². The van der Waals surface area contributed by atoms with Crippen molar-refractivity contribution >= 4 is 5.78 Å². The average molecular weight is 359 g/mol. The second-order valence-corrected chi connectivity index (χ2v) is 8.26. The smallest absolute Gasteiger partial charge is 0.159 e. The summed E-state index contributed by atoms with van der Waals surface area (Å²) in [6, 6.07) is 0. The maximum atomic E-state index is 12.2. The Morgan fingerprint density at radius 1 is 1.12 bits per heavy atom. The molecule has 26 heavy (non-hydrogen) atoms. The van der Waals surface area contributed by atoms with Crippen LogP contribution in [0.1, 0.15) is 84.5 Å². The van der Waals surface area contributed by atoms with Crippen LogP contribution in [-0.4, -0.2) is 16.5 Å². The van der Waals surface area contributed by atoms with Crippen LogP contribution < -0.4 is 0 Å². The van der Waals surface area contributed by atoms with E-state index in [4.69, 9.17) is 0 Å². The molecular formula is C24H38O2. The lowest BCUT2D eigenvalue weighted by molar-refractivity contribution is -0.117. The summed E-state index contributed by atoms with van der Waals surface area (Å²) in [5.74, 6) is 0.984. The lowest BCUT2D eigenvalue weighted by atomic mass is 9.86. The van der Waals surface area contributed by atoms with Gasteiger partial charge < -0.3 is 5.11 Å². The largest absolute Gasteiger partial charge is 0.389 e. The molecule has 0 aromatic heterocycles. The molecule has 2 rings (SSSR count). The molecule has 1 unspecified atom stereocenters. The number of carbonyl (C=O) groups excluding carboxylic acids is 1. The second-order valence-electron chi connectivity index (χ2n) is 8.26. The first kappa shape index (κ1) is 21.2. The van der Waals surface area contributed by atoms with Gasteiger partial charge in [-0.25, -0.2) is 0 Å². The molecule has 2 aliphatic carbocycles. The zero-order chi connectivity index (χ0) is 18.8. The molecule has 3 atom stereocenters. The van der Waals surface area contributed by atoms with Crippen LogP contribution in [0.5, 0.6) is 0 Å². The van der Waals surface area contributed by atoms with Gasteiger partial charge in [0.1, 0.15) is 0 Å². The van der Waals surface area contributed by atoms with Crippen LogP contribution in [0, 0.1) is 17.8 Å². The molecule has 0 amide bonds. The molecule has 0 saturated heterocycles. The van der Waals surface area contributed by atoms with Gasteiger partial charge in [-0.15, -0.1) is 0 Å². The maximum absolute atomic E-state index is 12.2. The van der Waals surface area contributed by atoms with E-state index in [-0.39, 0.29) is 17.6 Å². The fourth-order valence-electron chi connectivity index (χ4n) is 4.01. The highest BCUT2D eigenvalue weighted by Gasteiger charge is 2.42. The zero-order valence-electron chi connectivity index (χ0n) is 16.8. The van der Waals surface area contributed by atoms with Crippen molar-refractivity contribution in [1.29, 1.82) is 0 Å². The molecule has 1 N–H and O–H groups in total. The van der Waals surface area contributed by atoms with Crippen LogP contribution in [-0.2, 0) is 4.79 Å². The summed E-state index contributed by atoms with van der Waals surface area (Å²) in [6.45, 7) is 4.40. The van der Waals surface area contributed by atoms with E-state index in [0.717, 1.165) is 32.1 Å². The summed E-state index contributed by atoms with van der Waals surface area (Å²) < 4.78 is 0. The Hall–Kier alpha value is -1.15. The van der Waals surface area contributed by atoms with Gasteiger partial charge in [0.15, 0.2) is 5.78 Å². The van der Waals surface area contributed by atoms with Crippen LogP contribution in [0.2, 0.25) is 0 Å². The van der Waals surface area contributed by atoms with E-state index < -0.39 is 5.60 Å². The Labute approximate surface area is 160 Å². The number of allylic oxidation sites excluding steroid dienone is 5. The van der Waals surface area contributed by atoms with Crippen LogP contribution in [0.25, 0.3) is 0 Å². The number of rotatable bonds is 13. The van der Waals surface area contributed by atoms with Crippen molar-refractivity contribution in [2.75, 3.05) is 0 Å². The Morgan fingerprint density at radius 2 is 1.88 bits per heavy atom. The first-order chi connectivity index (χ1) is 12.6.